The molecule has 0 aliphatic rings. The van der Waals surface area contributed by atoms with E-state index in [9.17, 15) is 4.79 Å². The first kappa shape index (κ1) is 11.2. The van der Waals surface area contributed by atoms with Crippen LogP contribution in [0.1, 0.15) is 33.6 Å². The van der Waals surface area contributed by atoms with Gasteiger partial charge in [-0.15, -0.1) is 0 Å². The van der Waals surface area contributed by atoms with Crippen LogP contribution in [-0.4, -0.2) is 12.6 Å². The maximum atomic E-state index is 10.8. The van der Waals surface area contributed by atoms with Crippen molar-refractivity contribution in [3.8, 4) is 0 Å². The summed E-state index contributed by atoms with van der Waals surface area (Å²) in [4.78, 5) is 10.8. The smallest absolute Gasteiger partial charge is 0.330 e. The summed E-state index contributed by atoms with van der Waals surface area (Å²) in [6.45, 7) is 6.59. The SMILES string of the molecule is CCOC(=O)C=CCCC(C)C. The van der Waals surface area contributed by atoms with Gasteiger partial charge in [-0.2, -0.15) is 0 Å². The highest BCUT2D eigenvalue weighted by molar-refractivity contribution is 5.81. The summed E-state index contributed by atoms with van der Waals surface area (Å²) >= 11 is 0. The minimum absolute atomic E-state index is 0.235. The number of ether oxygens (including phenoxy) is 1. The van der Waals surface area contributed by atoms with Gasteiger partial charge in [0.1, 0.15) is 0 Å². The fraction of sp³-hybridized carbons (Fsp3) is 0.700. The molecule has 0 fully saturated rings. The summed E-state index contributed by atoms with van der Waals surface area (Å²) in [5.41, 5.74) is 0. The van der Waals surface area contributed by atoms with Crippen molar-refractivity contribution in [3.05, 3.63) is 12.2 Å². The van der Waals surface area contributed by atoms with E-state index in [4.69, 9.17) is 4.74 Å². The van der Waals surface area contributed by atoms with E-state index in [1.165, 1.54) is 6.08 Å². The van der Waals surface area contributed by atoms with Crippen molar-refractivity contribution in [1.82, 2.24) is 0 Å². The van der Waals surface area contributed by atoms with Crippen LogP contribution in [0.4, 0.5) is 0 Å². The number of hydrogen-bond acceptors (Lipinski definition) is 2. The summed E-state index contributed by atoms with van der Waals surface area (Å²) in [6.07, 6.45) is 5.45. The lowest BCUT2D eigenvalue weighted by Gasteiger charge is -1.99. The van der Waals surface area contributed by atoms with E-state index in [-0.39, 0.29) is 5.97 Å². The molecule has 2 heteroatoms. The highest BCUT2D eigenvalue weighted by atomic mass is 16.5. The third kappa shape index (κ3) is 7.32. The summed E-state index contributed by atoms with van der Waals surface area (Å²) in [7, 11) is 0. The van der Waals surface area contributed by atoms with Gasteiger partial charge in [-0.25, -0.2) is 4.79 Å². The van der Waals surface area contributed by atoms with Crippen LogP contribution < -0.4 is 0 Å². The molecule has 0 aromatic carbocycles. The number of carbonyl (C=O) groups excluding carboxylic acids is 1. The van der Waals surface area contributed by atoms with Crippen molar-refractivity contribution in [2.75, 3.05) is 6.61 Å². The molecule has 0 aliphatic carbocycles. The second kappa shape index (κ2) is 6.89. The molecule has 0 rings (SSSR count). The molecule has 0 atom stereocenters. The van der Waals surface area contributed by atoms with Crippen LogP contribution in [0.25, 0.3) is 0 Å². The molecule has 0 unspecified atom stereocenters. The van der Waals surface area contributed by atoms with Crippen molar-refractivity contribution in [2.24, 2.45) is 5.92 Å². The second-order valence-electron chi connectivity index (χ2n) is 3.13. The van der Waals surface area contributed by atoms with Gasteiger partial charge in [-0.3, -0.25) is 0 Å². The van der Waals surface area contributed by atoms with Gasteiger partial charge in [0.15, 0.2) is 0 Å². The summed E-state index contributed by atoms with van der Waals surface area (Å²) in [5.74, 6) is 0.457. The molecule has 0 amide bonds. The zero-order chi connectivity index (χ0) is 9.40. The van der Waals surface area contributed by atoms with E-state index < -0.39 is 0 Å². The molecular formula is C10H18O2. The summed E-state index contributed by atoms with van der Waals surface area (Å²) in [6, 6.07) is 0. The maximum Gasteiger partial charge on any atom is 0.330 e. The normalized spacial score (nSPS) is 11.0. The van der Waals surface area contributed by atoms with Crippen LogP contribution in [-0.2, 0) is 9.53 Å². The van der Waals surface area contributed by atoms with E-state index in [0.717, 1.165) is 12.8 Å². The van der Waals surface area contributed by atoms with Crippen LogP contribution >= 0.6 is 0 Å². The Labute approximate surface area is 74.6 Å². The van der Waals surface area contributed by atoms with Gasteiger partial charge in [-0.05, 0) is 25.7 Å². The Hall–Kier alpha value is -0.790. The molecule has 0 aliphatic heterocycles. The van der Waals surface area contributed by atoms with Gasteiger partial charge in [0, 0.05) is 6.08 Å². The topological polar surface area (TPSA) is 26.3 Å². The Morgan fingerprint density at radius 3 is 2.67 bits per heavy atom. The molecule has 0 N–H and O–H groups in total. The van der Waals surface area contributed by atoms with Crippen molar-refractivity contribution in [3.63, 3.8) is 0 Å². The third-order valence-corrected chi connectivity index (χ3v) is 1.45. The summed E-state index contributed by atoms with van der Waals surface area (Å²) < 4.78 is 4.72. The first-order valence-electron chi connectivity index (χ1n) is 4.50. The number of allylic oxidation sites excluding steroid dienone is 1. The van der Waals surface area contributed by atoms with Crippen molar-refractivity contribution in [1.29, 1.82) is 0 Å². The van der Waals surface area contributed by atoms with Gasteiger partial charge in [0.25, 0.3) is 0 Å². The molecule has 0 aromatic rings. The molecule has 0 aromatic heterocycles. The molecule has 0 spiro atoms. The predicted octanol–water partition coefficient (Wildman–Crippen LogP) is 2.54. The van der Waals surface area contributed by atoms with E-state index in [1.807, 2.05) is 6.08 Å². The lowest BCUT2D eigenvalue weighted by Crippen LogP contribution is -1.98. The molecule has 0 bridgehead atoms. The molecule has 12 heavy (non-hydrogen) atoms. The highest BCUT2D eigenvalue weighted by Crippen LogP contribution is 2.03. The van der Waals surface area contributed by atoms with Gasteiger partial charge in [-0.1, -0.05) is 19.9 Å². The van der Waals surface area contributed by atoms with E-state index in [2.05, 4.69) is 13.8 Å². The van der Waals surface area contributed by atoms with E-state index >= 15 is 0 Å². The average molecular weight is 170 g/mol. The van der Waals surface area contributed by atoms with Crippen LogP contribution in [0.3, 0.4) is 0 Å². The van der Waals surface area contributed by atoms with Crippen LogP contribution in [0.5, 0.6) is 0 Å². The Balaban J connectivity index is 3.41. The van der Waals surface area contributed by atoms with Gasteiger partial charge < -0.3 is 4.74 Å². The minimum Gasteiger partial charge on any atom is -0.463 e. The first-order chi connectivity index (χ1) is 5.66. The number of carbonyl (C=O) groups is 1. The van der Waals surface area contributed by atoms with Gasteiger partial charge >= 0.3 is 5.97 Å². The maximum absolute atomic E-state index is 10.8. The average Bonchev–Trinajstić information content (AvgIpc) is 1.98. The second-order valence-corrected chi connectivity index (χ2v) is 3.13. The molecule has 0 saturated heterocycles. The largest absolute Gasteiger partial charge is 0.463 e. The van der Waals surface area contributed by atoms with Crippen LogP contribution in [0.15, 0.2) is 12.2 Å². The Morgan fingerprint density at radius 2 is 2.17 bits per heavy atom. The Bertz CT molecular complexity index is 148. The van der Waals surface area contributed by atoms with Crippen molar-refractivity contribution in [2.45, 2.75) is 33.6 Å². The summed E-state index contributed by atoms with van der Waals surface area (Å²) in [5, 5.41) is 0. The quantitative estimate of drug-likeness (QED) is 0.468. The van der Waals surface area contributed by atoms with Crippen molar-refractivity contribution < 1.29 is 9.53 Å². The van der Waals surface area contributed by atoms with E-state index in [1.54, 1.807) is 6.92 Å². The van der Waals surface area contributed by atoms with Crippen LogP contribution in [0, 0.1) is 5.92 Å². The van der Waals surface area contributed by atoms with Gasteiger partial charge in [0.05, 0.1) is 6.61 Å². The highest BCUT2D eigenvalue weighted by Gasteiger charge is 1.93. The standard InChI is InChI=1S/C10H18O2/c1-4-12-10(11)8-6-5-7-9(2)3/h6,8-9H,4-5,7H2,1-3H3. The Morgan fingerprint density at radius 1 is 1.50 bits per heavy atom. The lowest BCUT2D eigenvalue weighted by atomic mass is 10.1. The Kier molecular flexibility index (Phi) is 6.44. The number of esters is 1. The molecule has 70 valence electrons. The predicted molar refractivity (Wildman–Crippen MR) is 49.8 cm³/mol. The zero-order valence-electron chi connectivity index (χ0n) is 8.17. The molecular weight excluding hydrogens is 152 g/mol. The van der Waals surface area contributed by atoms with E-state index in [0.29, 0.717) is 12.5 Å². The molecule has 2 nitrogen and oxygen atoms in total. The third-order valence-electron chi connectivity index (χ3n) is 1.45. The first-order valence-corrected chi connectivity index (χ1v) is 4.50. The molecule has 0 saturated carbocycles. The molecule has 0 radical (unpaired) electrons. The fourth-order valence-electron chi connectivity index (χ4n) is 0.799. The van der Waals surface area contributed by atoms with Gasteiger partial charge in [0.2, 0.25) is 0 Å². The lowest BCUT2D eigenvalue weighted by molar-refractivity contribution is -0.137. The zero-order valence-corrected chi connectivity index (χ0v) is 8.17. The van der Waals surface area contributed by atoms with Crippen LogP contribution in [0.2, 0.25) is 0 Å². The van der Waals surface area contributed by atoms with Crippen molar-refractivity contribution >= 4 is 5.97 Å². The fourth-order valence-corrected chi connectivity index (χ4v) is 0.799. The minimum atomic E-state index is -0.235. The molecule has 0 heterocycles. The number of rotatable bonds is 5. The monoisotopic (exact) mass is 170 g/mol. The number of hydrogen-bond donors (Lipinski definition) is 0.